The van der Waals surface area contributed by atoms with E-state index >= 15 is 0 Å². The van der Waals surface area contributed by atoms with Gasteiger partial charge in [-0.05, 0) is 196 Å². The highest BCUT2D eigenvalue weighted by Gasteiger charge is 2.35. The van der Waals surface area contributed by atoms with Gasteiger partial charge in [-0.1, -0.05) is 241 Å². The quantitative estimate of drug-likeness (QED) is 0.154. The summed E-state index contributed by atoms with van der Waals surface area (Å²) in [5.74, 6) is 0. The Kier molecular flexibility index (Phi) is 18.8. The molecule has 10 aromatic carbocycles. The lowest BCUT2D eigenvalue weighted by atomic mass is 9.81. The molecule has 73 heavy (non-hydrogen) atoms. The molecule has 0 N–H and O–H groups in total. The van der Waals surface area contributed by atoms with Crippen molar-refractivity contribution in [3.8, 4) is 22.3 Å². The Morgan fingerprint density at radius 2 is 0.479 bits per heavy atom. The zero-order valence-corrected chi connectivity index (χ0v) is 47.0. The molecular weight excluding hydrogens is 877 g/mol. The number of rotatable bonds is 1. The van der Waals surface area contributed by atoms with Crippen molar-refractivity contribution in [2.45, 2.75) is 116 Å². The summed E-state index contributed by atoms with van der Waals surface area (Å²) in [5.41, 5.74) is 27.4. The van der Waals surface area contributed by atoms with E-state index in [0.29, 0.717) is 0 Å². The minimum Gasteiger partial charge on any atom is -0.0616 e. The molecule has 0 amide bonds. The van der Waals surface area contributed by atoms with Gasteiger partial charge in [-0.2, -0.15) is 0 Å². The molecule has 0 bridgehead atoms. The Labute approximate surface area is 440 Å². The maximum absolute atomic E-state index is 2.34. The van der Waals surface area contributed by atoms with E-state index in [1.54, 1.807) is 0 Å². The van der Waals surface area contributed by atoms with Crippen LogP contribution in [0.15, 0.2) is 194 Å². The Morgan fingerprint density at radius 1 is 0.219 bits per heavy atom. The molecule has 1 aliphatic rings. The first kappa shape index (κ1) is 55.0. The second kappa shape index (κ2) is 24.9. The first-order chi connectivity index (χ1) is 34.7. The van der Waals surface area contributed by atoms with Crippen LogP contribution >= 0.6 is 0 Å². The van der Waals surface area contributed by atoms with Crippen LogP contribution in [0.25, 0.3) is 43.8 Å². The van der Waals surface area contributed by atoms with Crippen LogP contribution in [0.5, 0.6) is 0 Å². The SMILES string of the molecule is Cc1cc(C)c(C)cc1C.Cc1ccc(-c2ccc(C)cc2)cc1.Cc1ccc(C)c2ccccc12.Cc1ccc(C)cc1.Cc1ccc2c(c1)C(C)(C)c1cc(C)ccc1-2.Cc1cccc2c(C)cccc12. The number of hydrogen-bond acceptors (Lipinski definition) is 0. The Balaban J connectivity index is 0.000000145. The first-order valence-electron chi connectivity index (χ1n) is 26.1. The number of benzene rings is 10. The molecule has 0 heteroatoms. The molecule has 0 unspecified atom stereocenters. The van der Waals surface area contributed by atoms with Crippen molar-refractivity contribution in [2.24, 2.45) is 0 Å². The molecule has 0 radical (unpaired) electrons. The van der Waals surface area contributed by atoms with Crippen molar-refractivity contribution in [3.63, 3.8) is 0 Å². The van der Waals surface area contributed by atoms with Gasteiger partial charge in [-0.15, -0.1) is 0 Å². The van der Waals surface area contributed by atoms with E-state index in [-0.39, 0.29) is 5.41 Å². The van der Waals surface area contributed by atoms with Crippen LogP contribution in [0, 0.1) is 96.9 Å². The molecule has 0 aromatic heterocycles. The Bertz CT molecular complexity index is 3130. The molecule has 0 nitrogen and oxygen atoms in total. The first-order valence-corrected chi connectivity index (χ1v) is 26.1. The summed E-state index contributed by atoms with van der Waals surface area (Å²) in [6.07, 6.45) is 0. The Morgan fingerprint density at radius 3 is 0.795 bits per heavy atom. The van der Waals surface area contributed by atoms with Crippen molar-refractivity contribution >= 4 is 21.5 Å². The third-order valence-corrected chi connectivity index (χ3v) is 14.5. The summed E-state index contributed by atoms with van der Waals surface area (Å²) in [6, 6.07) is 69.7. The highest BCUT2D eigenvalue weighted by molar-refractivity contribution is 5.89. The van der Waals surface area contributed by atoms with Crippen molar-refractivity contribution in [1.82, 2.24) is 0 Å². The molecule has 0 heterocycles. The predicted molar refractivity (Wildman–Crippen MR) is 323 cm³/mol. The van der Waals surface area contributed by atoms with Gasteiger partial charge in [0.2, 0.25) is 0 Å². The lowest BCUT2D eigenvalue weighted by Gasteiger charge is -2.22. The van der Waals surface area contributed by atoms with Crippen LogP contribution in [-0.4, -0.2) is 0 Å². The molecule has 11 rings (SSSR count). The molecule has 10 aromatic rings. The topological polar surface area (TPSA) is 0 Å². The van der Waals surface area contributed by atoms with Crippen molar-refractivity contribution in [2.75, 3.05) is 0 Å². The number of aryl methyl sites for hydroxylation is 14. The van der Waals surface area contributed by atoms with Crippen molar-refractivity contribution in [1.29, 1.82) is 0 Å². The zero-order valence-electron chi connectivity index (χ0n) is 47.0. The smallest absolute Gasteiger partial charge is 0.0159 e. The van der Waals surface area contributed by atoms with E-state index in [1.807, 2.05) is 0 Å². The summed E-state index contributed by atoms with van der Waals surface area (Å²) in [6.45, 7) is 34.7. The van der Waals surface area contributed by atoms with Gasteiger partial charge in [-0.3, -0.25) is 0 Å². The highest BCUT2D eigenvalue weighted by Crippen LogP contribution is 2.49. The summed E-state index contributed by atoms with van der Waals surface area (Å²) in [5, 5.41) is 5.49. The van der Waals surface area contributed by atoms with Gasteiger partial charge in [0.25, 0.3) is 0 Å². The molecule has 0 atom stereocenters. The van der Waals surface area contributed by atoms with Gasteiger partial charge in [-0.25, -0.2) is 0 Å². The highest BCUT2D eigenvalue weighted by atomic mass is 14.4. The number of hydrogen-bond donors (Lipinski definition) is 0. The number of fused-ring (bicyclic) bond motifs is 5. The average molecular weight is 957 g/mol. The molecule has 0 saturated carbocycles. The van der Waals surface area contributed by atoms with E-state index in [1.165, 1.54) is 133 Å². The van der Waals surface area contributed by atoms with E-state index in [4.69, 9.17) is 0 Å². The standard InChI is InChI=1S/C17H18.C14H14.2C12H12.C10H14.C8H10/c1-11-5-7-13-14-8-6-12(2)10-16(14)17(3,4)15(13)9-11;1-11-3-7-13(8-4-11)14-9-5-12(2)6-10-14;1-9-5-3-8-12-10(2)6-4-7-11(9)12;1-9-7-8-10(2)12-6-4-3-5-11(9)12;1-7-5-9(3)10(4)6-8(7)2;1-7-3-5-8(2)6-4-7/h5-10H,1-4H3;3-10H,1-2H3;2*3-8H,1-2H3;5-6H,1-4H3;3-6H,1-2H3. The fraction of sp³-hybridized carbons (Fsp3) is 0.233. The van der Waals surface area contributed by atoms with Gasteiger partial charge in [0.15, 0.2) is 0 Å². The molecule has 0 fully saturated rings. The minimum absolute atomic E-state index is 0.142. The van der Waals surface area contributed by atoms with E-state index in [2.05, 4.69) is 305 Å². The minimum atomic E-state index is 0.142. The van der Waals surface area contributed by atoms with Crippen molar-refractivity contribution in [3.05, 3.63) is 283 Å². The lowest BCUT2D eigenvalue weighted by molar-refractivity contribution is 0.659. The van der Waals surface area contributed by atoms with Gasteiger partial charge < -0.3 is 0 Å². The largest absolute Gasteiger partial charge is 0.0616 e. The average Bonchev–Trinajstić information content (AvgIpc) is 3.59. The molecular formula is C73H80. The molecule has 0 aliphatic heterocycles. The third kappa shape index (κ3) is 14.5. The van der Waals surface area contributed by atoms with Crippen LogP contribution in [0.4, 0.5) is 0 Å². The maximum Gasteiger partial charge on any atom is 0.0159 e. The van der Waals surface area contributed by atoms with E-state index in [0.717, 1.165) is 0 Å². The van der Waals surface area contributed by atoms with Crippen LogP contribution in [-0.2, 0) is 5.41 Å². The van der Waals surface area contributed by atoms with Gasteiger partial charge in [0.1, 0.15) is 0 Å². The predicted octanol–water partition coefficient (Wildman–Crippen LogP) is 20.7. The normalized spacial score (nSPS) is 11.4. The van der Waals surface area contributed by atoms with Gasteiger partial charge >= 0.3 is 0 Å². The van der Waals surface area contributed by atoms with Gasteiger partial charge in [0, 0.05) is 5.41 Å². The second-order valence-electron chi connectivity index (χ2n) is 21.1. The molecule has 1 aliphatic carbocycles. The lowest BCUT2D eigenvalue weighted by Crippen LogP contribution is -2.15. The van der Waals surface area contributed by atoms with Gasteiger partial charge in [0.05, 0.1) is 0 Å². The maximum atomic E-state index is 2.34. The summed E-state index contributed by atoms with van der Waals surface area (Å²) in [7, 11) is 0. The fourth-order valence-electron chi connectivity index (χ4n) is 9.42. The summed E-state index contributed by atoms with van der Waals surface area (Å²) in [4.78, 5) is 0. The summed E-state index contributed by atoms with van der Waals surface area (Å²) < 4.78 is 0. The van der Waals surface area contributed by atoms with Crippen LogP contribution in [0.3, 0.4) is 0 Å². The Hall–Kier alpha value is -7.28. The van der Waals surface area contributed by atoms with Crippen molar-refractivity contribution < 1.29 is 0 Å². The third-order valence-electron chi connectivity index (χ3n) is 14.5. The monoisotopic (exact) mass is 957 g/mol. The summed E-state index contributed by atoms with van der Waals surface area (Å²) >= 11 is 0. The molecule has 0 saturated heterocycles. The second-order valence-corrected chi connectivity index (χ2v) is 21.1. The molecule has 372 valence electrons. The van der Waals surface area contributed by atoms with Crippen LogP contribution in [0.2, 0.25) is 0 Å². The van der Waals surface area contributed by atoms with Crippen LogP contribution in [0.1, 0.15) is 103 Å². The van der Waals surface area contributed by atoms with Crippen LogP contribution < -0.4 is 0 Å². The van der Waals surface area contributed by atoms with E-state index in [9.17, 15) is 0 Å². The van der Waals surface area contributed by atoms with E-state index < -0.39 is 0 Å². The zero-order chi connectivity index (χ0) is 53.0. The molecule has 0 spiro atoms. The fourth-order valence-corrected chi connectivity index (χ4v) is 9.42.